The SMILES string of the molecule is CCC(C)CC(=O)c1c(C)cc(F)cc1C. The zero-order valence-corrected chi connectivity index (χ0v) is 10.4. The first-order valence-corrected chi connectivity index (χ1v) is 5.75. The van der Waals surface area contributed by atoms with Crippen LogP contribution in [-0.2, 0) is 0 Å². The summed E-state index contributed by atoms with van der Waals surface area (Å²) in [5.41, 5.74) is 2.18. The Balaban J connectivity index is 3.00. The Labute approximate surface area is 96.7 Å². The summed E-state index contributed by atoms with van der Waals surface area (Å²) in [6.45, 7) is 7.72. The number of hydrogen-bond acceptors (Lipinski definition) is 1. The molecule has 0 radical (unpaired) electrons. The first-order valence-electron chi connectivity index (χ1n) is 5.75. The molecule has 1 aromatic carbocycles. The number of halogens is 1. The highest BCUT2D eigenvalue weighted by atomic mass is 19.1. The van der Waals surface area contributed by atoms with Crippen molar-refractivity contribution in [2.75, 3.05) is 0 Å². The van der Waals surface area contributed by atoms with Gasteiger partial charge in [0.15, 0.2) is 5.78 Å². The van der Waals surface area contributed by atoms with Gasteiger partial charge in [0.2, 0.25) is 0 Å². The second-order valence-corrected chi connectivity index (χ2v) is 4.56. The molecule has 0 aliphatic heterocycles. The number of carbonyl (C=O) groups excluding carboxylic acids is 1. The van der Waals surface area contributed by atoms with E-state index in [4.69, 9.17) is 0 Å². The van der Waals surface area contributed by atoms with Crippen LogP contribution in [0, 0.1) is 25.6 Å². The van der Waals surface area contributed by atoms with Gasteiger partial charge in [-0.2, -0.15) is 0 Å². The highest BCUT2D eigenvalue weighted by molar-refractivity contribution is 5.98. The fourth-order valence-electron chi connectivity index (χ4n) is 1.91. The minimum absolute atomic E-state index is 0.129. The molecule has 0 N–H and O–H groups in total. The van der Waals surface area contributed by atoms with Crippen LogP contribution in [-0.4, -0.2) is 5.78 Å². The van der Waals surface area contributed by atoms with E-state index < -0.39 is 0 Å². The molecule has 1 nitrogen and oxygen atoms in total. The second kappa shape index (κ2) is 5.24. The van der Waals surface area contributed by atoms with Gasteiger partial charge in [-0.25, -0.2) is 4.39 Å². The zero-order chi connectivity index (χ0) is 12.3. The highest BCUT2D eigenvalue weighted by Crippen LogP contribution is 2.20. The van der Waals surface area contributed by atoms with Gasteiger partial charge in [0.25, 0.3) is 0 Å². The minimum Gasteiger partial charge on any atom is -0.294 e. The third-order valence-electron chi connectivity index (χ3n) is 3.01. The molecule has 0 saturated heterocycles. The van der Waals surface area contributed by atoms with Gasteiger partial charge in [0, 0.05) is 12.0 Å². The van der Waals surface area contributed by atoms with E-state index in [0.717, 1.165) is 17.5 Å². The molecule has 0 aliphatic carbocycles. The van der Waals surface area contributed by atoms with Crippen LogP contribution in [0.1, 0.15) is 48.2 Å². The fraction of sp³-hybridized carbons (Fsp3) is 0.500. The second-order valence-electron chi connectivity index (χ2n) is 4.56. The summed E-state index contributed by atoms with van der Waals surface area (Å²) in [4.78, 5) is 12.0. The van der Waals surface area contributed by atoms with Crippen molar-refractivity contribution < 1.29 is 9.18 Å². The first-order chi connectivity index (χ1) is 7.45. The summed E-state index contributed by atoms with van der Waals surface area (Å²) in [7, 11) is 0. The molecule has 1 atom stereocenters. The summed E-state index contributed by atoms with van der Waals surface area (Å²) >= 11 is 0. The van der Waals surface area contributed by atoms with E-state index in [0.29, 0.717) is 17.9 Å². The third kappa shape index (κ3) is 2.91. The van der Waals surface area contributed by atoms with Crippen LogP contribution in [0.2, 0.25) is 0 Å². The molecule has 2 heteroatoms. The quantitative estimate of drug-likeness (QED) is 0.702. The van der Waals surface area contributed by atoms with Gasteiger partial charge in [0.05, 0.1) is 0 Å². The first kappa shape index (κ1) is 12.9. The zero-order valence-electron chi connectivity index (χ0n) is 10.4. The van der Waals surface area contributed by atoms with Crippen molar-refractivity contribution >= 4 is 5.78 Å². The molecule has 0 fully saturated rings. The van der Waals surface area contributed by atoms with E-state index in [1.165, 1.54) is 12.1 Å². The Bertz CT molecular complexity index is 373. The van der Waals surface area contributed by atoms with Crippen LogP contribution in [0.3, 0.4) is 0 Å². The summed E-state index contributed by atoms with van der Waals surface area (Å²) in [6, 6.07) is 2.85. The lowest BCUT2D eigenvalue weighted by Gasteiger charge is -2.12. The lowest BCUT2D eigenvalue weighted by Crippen LogP contribution is -2.09. The minimum atomic E-state index is -0.268. The molecule has 0 saturated carbocycles. The lowest BCUT2D eigenvalue weighted by molar-refractivity contribution is 0.0962. The van der Waals surface area contributed by atoms with Crippen LogP contribution < -0.4 is 0 Å². The molecule has 16 heavy (non-hydrogen) atoms. The molecule has 0 bridgehead atoms. The average Bonchev–Trinajstić information content (AvgIpc) is 2.15. The number of ketones is 1. The Morgan fingerprint density at radius 2 is 1.81 bits per heavy atom. The Kier molecular flexibility index (Phi) is 4.22. The van der Waals surface area contributed by atoms with Crippen LogP contribution in [0.5, 0.6) is 0 Å². The van der Waals surface area contributed by atoms with Gasteiger partial charge < -0.3 is 0 Å². The molecule has 1 rings (SSSR count). The molecule has 1 unspecified atom stereocenters. The van der Waals surface area contributed by atoms with Crippen LogP contribution >= 0.6 is 0 Å². The predicted molar refractivity (Wildman–Crippen MR) is 64.3 cm³/mol. The molecule has 0 aliphatic rings. The van der Waals surface area contributed by atoms with Gasteiger partial charge in [-0.05, 0) is 43.0 Å². The maximum absolute atomic E-state index is 13.1. The monoisotopic (exact) mass is 222 g/mol. The van der Waals surface area contributed by atoms with E-state index in [2.05, 4.69) is 13.8 Å². The predicted octanol–water partition coefficient (Wildman–Crippen LogP) is 4.06. The number of Topliss-reactive ketones (excluding diaryl/α,β-unsaturated/α-hetero) is 1. The molecular formula is C14H19FO. The van der Waals surface area contributed by atoms with Crippen LogP contribution in [0.25, 0.3) is 0 Å². The van der Waals surface area contributed by atoms with Crippen molar-refractivity contribution in [3.63, 3.8) is 0 Å². The van der Waals surface area contributed by atoms with E-state index in [1.54, 1.807) is 13.8 Å². The maximum atomic E-state index is 13.1. The van der Waals surface area contributed by atoms with Crippen LogP contribution in [0.4, 0.5) is 4.39 Å². The van der Waals surface area contributed by atoms with Crippen molar-refractivity contribution in [1.82, 2.24) is 0 Å². The van der Waals surface area contributed by atoms with Gasteiger partial charge >= 0.3 is 0 Å². The van der Waals surface area contributed by atoms with Crippen molar-refractivity contribution in [3.8, 4) is 0 Å². The van der Waals surface area contributed by atoms with Crippen molar-refractivity contribution in [2.24, 2.45) is 5.92 Å². The standard InChI is InChI=1S/C14H19FO/c1-5-9(2)6-13(16)14-10(3)7-12(15)8-11(14)4/h7-9H,5-6H2,1-4H3. The molecule has 88 valence electrons. The van der Waals surface area contributed by atoms with Gasteiger partial charge in [-0.15, -0.1) is 0 Å². The number of rotatable bonds is 4. The molecule has 0 aromatic heterocycles. The highest BCUT2D eigenvalue weighted by Gasteiger charge is 2.15. The Hall–Kier alpha value is -1.18. The molecular weight excluding hydrogens is 203 g/mol. The molecule has 0 amide bonds. The van der Waals surface area contributed by atoms with E-state index >= 15 is 0 Å². The van der Waals surface area contributed by atoms with Crippen molar-refractivity contribution in [2.45, 2.75) is 40.5 Å². The smallest absolute Gasteiger partial charge is 0.163 e. The number of aryl methyl sites for hydroxylation is 2. The third-order valence-corrected chi connectivity index (χ3v) is 3.01. The maximum Gasteiger partial charge on any atom is 0.163 e. The van der Waals surface area contributed by atoms with Gasteiger partial charge in [-0.1, -0.05) is 20.3 Å². The largest absolute Gasteiger partial charge is 0.294 e. The molecule has 1 aromatic rings. The summed E-state index contributed by atoms with van der Waals surface area (Å²) in [5.74, 6) is 0.246. The van der Waals surface area contributed by atoms with Crippen LogP contribution in [0.15, 0.2) is 12.1 Å². The van der Waals surface area contributed by atoms with E-state index in [1.807, 2.05) is 0 Å². The molecule has 0 spiro atoms. The molecule has 0 heterocycles. The van der Waals surface area contributed by atoms with Crippen molar-refractivity contribution in [3.05, 3.63) is 34.6 Å². The van der Waals surface area contributed by atoms with Gasteiger partial charge in [-0.3, -0.25) is 4.79 Å². The normalized spacial score (nSPS) is 12.6. The Morgan fingerprint density at radius 3 is 2.25 bits per heavy atom. The topological polar surface area (TPSA) is 17.1 Å². The summed E-state index contributed by atoms with van der Waals surface area (Å²) < 4.78 is 13.1. The average molecular weight is 222 g/mol. The van der Waals surface area contributed by atoms with E-state index in [9.17, 15) is 9.18 Å². The Morgan fingerprint density at radius 1 is 1.31 bits per heavy atom. The fourth-order valence-corrected chi connectivity index (χ4v) is 1.91. The lowest BCUT2D eigenvalue weighted by atomic mass is 9.92. The van der Waals surface area contributed by atoms with Crippen molar-refractivity contribution in [1.29, 1.82) is 0 Å². The number of carbonyl (C=O) groups is 1. The van der Waals surface area contributed by atoms with Gasteiger partial charge in [0.1, 0.15) is 5.82 Å². The van der Waals surface area contributed by atoms with E-state index in [-0.39, 0.29) is 11.6 Å². The summed E-state index contributed by atoms with van der Waals surface area (Å²) in [6.07, 6.45) is 1.54. The number of benzene rings is 1. The number of hydrogen-bond donors (Lipinski definition) is 0. The summed E-state index contributed by atoms with van der Waals surface area (Å²) in [5, 5.41) is 0.